The number of nitrogens with one attached hydrogen (secondary N) is 1. The third-order valence-electron chi connectivity index (χ3n) is 4.73. The molecule has 0 radical (unpaired) electrons. The van der Waals surface area contributed by atoms with Crippen molar-refractivity contribution in [2.24, 2.45) is 0 Å². The molecular weight excluding hydrogens is 266 g/mol. The molecule has 2 bridgehead atoms. The first-order valence-electron chi connectivity index (χ1n) is 7.62. The molecule has 1 N–H and O–H groups in total. The van der Waals surface area contributed by atoms with Crippen molar-refractivity contribution in [2.45, 2.75) is 44.8 Å². The fraction of sp³-hybridized carbons (Fsp3) is 0.562. The Labute approximate surface area is 124 Å². The van der Waals surface area contributed by atoms with Crippen molar-refractivity contribution >= 4 is 21.6 Å². The molecule has 2 fully saturated rings. The highest BCUT2D eigenvalue weighted by molar-refractivity contribution is 7.18. The average molecular weight is 287 g/mol. The van der Waals surface area contributed by atoms with Gasteiger partial charge < -0.3 is 5.32 Å². The summed E-state index contributed by atoms with van der Waals surface area (Å²) in [6.07, 6.45) is 4.05. The maximum Gasteiger partial charge on any atom is 0.0907 e. The van der Waals surface area contributed by atoms with E-state index in [1.807, 2.05) is 11.3 Å². The second kappa shape index (κ2) is 5.10. The van der Waals surface area contributed by atoms with Crippen molar-refractivity contribution in [1.82, 2.24) is 15.2 Å². The molecule has 0 aliphatic carbocycles. The van der Waals surface area contributed by atoms with E-state index in [2.05, 4.69) is 40.3 Å². The highest BCUT2D eigenvalue weighted by Gasteiger charge is 2.34. The van der Waals surface area contributed by atoms with Crippen LogP contribution in [0.4, 0.5) is 0 Å². The van der Waals surface area contributed by atoms with Crippen LogP contribution in [0, 0.1) is 6.92 Å². The van der Waals surface area contributed by atoms with Crippen LogP contribution in [0.15, 0.2) is 18.2 Å². The summed E-state index contributed by atoms with van der Waals surface area (Å²) in [6, 6.07) is 8.32. The summed E-state index contributed by atoms with van der Waals surface area (Å²) >= 11 is 1.81. The van der Waals surface area contributed by atoms with E-state index in [4.69, 9.17) is 0 Å². The molecule has 2 unspecified atom stereocenters. The van der Waals surface area contributed by atoms with Gasteiger partial charge in [0.1, 0.15) is 0 Å². The van der Waals surface area contributed by atoms with E-state index in [0.717, 1.165) is 29.2 Å². The lowest BCUT2D eigenvalue weighted by molar-refractivity contribution is 0.193. The zero-order valence-electron chi connectivity index (χ0n) is 11.9. The Hall–Kier alpha value is -0.970. The molecule has 2 aliphatic rings. The highest BCUT2D eigenvalue weighted by atomic mass is 32.1. The van der Waals surface area contributed by atoms with Gasteiger partial charge in [0.25, 0.3) is 0 Å². The third kappa shape index (κ3) is 2.26. The monoisotopic (exact) mass is 287 g/mol. The van der Waals surface area contributed by atoms with Gasteiger partial charge in [-0.05, 0) is 50.4 Å². The van der Waals surface area contributed by atoms with Gasteiger partial charge in [0.05, 0.1) is 15.2 Å². The van der Waals surface area contributed by atoms with Gasteiger partial charge in [0.2, 0.25) is 0 Å². The van der Waals surface area contributed by atoms with E-state index < -0.39 is 0 Å². The van der Waals surface area contributed by atoms with Crippen molar-refractivity contribution in [3.05, 3.63) is 28.8 Å². The Balaban J connectivity index is 1.60. The maximum absolute atomic E-state index is 4.55. The summed E-state index contributed by atoms with van der Waals surface area (Å²) in [6.45, 7) is 5.54. The second-order valence-electron chi connectivity index (χ2n) is 6.09. The van der Waals surface area contributed by atoms with E-state index in [-0.39, 0.29) is 0 Å². The highest BCUT2D eigenvalue weighted by Crippen LogP contribution is 2.30. The lowest BCUT2D eigenvalue weighted by atomic mass is 10.1. The van der Waals surface area contributed by atoms with E-state index in [1.54, 1.807) is 0 Å². The SMILES string of the molecule is Cc1nc2ccc(CN3C4CCNCC3CC4)cc2s1. The van der Waals surface area contributed by atoms with Crippen molar-refractivity contribution in [3.8, 4) is 0 Å². The number of aryl methyl sites for hydroxylation is 1. The van der Waals surface area contributed by atoms with E-state index in [0.29, 0.717) is 0 Å². The zero-order chi connectivity index (χ0) is 13.5. The van der Waals surface area contributed by atoms with Gasteiger partial charge in [-0.15, -0.1) is 11.3 Å². The molecule has 106 valence electrons. The van der Waals surface area contributed by atoms with Gasteiger partial charge in [-0.2, -0.15) is 0 Å². The predicted octanol–water partition coefficient (Wildman–Crippen LogP) is 2.93. The average Bonchev–Trinajstić information content (AvgIpc) is 2.88. The van der Waals surface area contributed by atoms with Crippen molar-refractivity contribution in [3.63, 3.8) is 0 Å². The Kier molecular flexibility index (Phi) is 3.25. The Morgan fingerprint density at radius 3 is 3.15 bits per heavy atom. The predicted molar refractivity (Wildman–Crippen MR) is 84.2 cm³/mol. The molecule has 2 aliphatic heterocycles. The molecule has 2 saturated heterocycles. The molecule has 4 rings (SSSR count). The van der Waals surface area contributed by atoms with E-state index in [1.165, 1.54) is 42.6 Å². The third-order valence-corrected chi connectivity index (χ3v) is 5.66. The topological polar surface area (TPSA) is 28.2 Å². The Morgan fingerprint density at radius 2 is 2.20 bits per heavy atom. The van der Waals surface area contributed by atoms with Crippen LogP contribution in [0.3, 0.4) is 0 Å². The van der Waals surface area contributed by atoms with Crippen LogP contribution in [-0.4, -0.2) is 35.1 Å². The summed E-state index contributed by atoms with van der Waals surface area (Å²) in [5, 5.41) is 4.74. The lowest BCUT2D eigenvalue weighted by Crippen LogP contribution is -2.37. The van der Waals surface area contributed by atoms with Gasteiger partial charge in [-0.3, -0.25) is 4.90 Å². The summed E-state index contributed by atoms with van der Waals surface area (Å²) in [7, 11) is 0. The first-order valence-corrected chi connectivity index (χ1v) is 8.44. The van der Waals surface area contributed by atoms with Gasteiger partial charge in [0, 0.05) is 25.2 Å². The van der Waals surface area contributed by atoms with E-state index >= 15 is 0 Å². The van der Waals surface area contributed by atoms with Crippen LogP contribution in [0.2, 0.25) is 0 Å². The number of hydrogen-bond donors (Lipinski definition) is 1. The largest absolute Gasteiger partial charge is 0.315 e. The zero-order valence-corrected chi connectivity index (χ0v) is 12.7. The quantitative estimate of drug-likeness (QED) is 0.920. The van der Waals surface area contributed by atoms with Crippen LogP contribution in [0.5, 0.6) is 0 Å². The molecule has 0 saturated carbocycles. The minimum atomic E-state index is 0.737. The molecule has 4 heteroatoms. The van der Waals surface area contributed by atoms with Crippen molar-refractivity contribution < 1.29 is 0 Å². The van der Waals surface area contributed by atoms with Crippen LogP contribution in [0.1, 0.15) is 29.8 Å². The Bertz CT molecular complexity index is 607. The fourth-order valence-electron chi connectivity index (χ4n) is 3.73. The van der Waals surface area contributed by atoms with Crippen LogP contribution >= 0.6 is 11.3 Å². The smallest absolute Gasteiger partial charge is 0.0907 e. The van der Waals surface area contributed by atoms with Crippen LogP contribution in [-0.2, 0) is 6.54 Å². The van der Waals surface area contributed by atoms with Gasteiger partial charge in [-0.1, -0.05) is 6.07 Å². The Morgan fingerprint density at radius 1 is 1.30 bits per heavy atom. The van der Waals surface area contributed by atoms with Gasteiger partial charge in [-0.25, -0.2) is 4.98 Å². The van der Waals surface area contributed by atoms with Gasteiger partial charge in [0.15, 0.2) is 0 Å². The number of rotatable bonds is 2. The number of nitrogens with zero attached hydrogens (tertiary/aromatic N) is 2. The second-order valence-corrected chi connectivity index (χ2v) is 7.32. The molecule has 3 nitrogen and oxygen atoms in total. The number of hydrogen-bond acceptors (Lipinski definition) is 4. The lowest BCUT2D eigenvalue weighted by Gasteiger charge is -2.27. The van der Waals surface area contributed by atoms with Crippen LogP contribution in [0.25, 0.3) is 10.2 Å². The molecule has 2 atom stereocenters. The molecule has 1 aromatic heterocycles. The minimum absolute atomic E-state index is 0.737. The van der Waals surface area contributed by atoms with E-state index in [9.17, 15) is 0 Å². The molecule has 20 heavy (non-hydrogen) atoms. The molecule has 2 aromatic rings. The number of benzene rings is 1. The van der Waals surface area contributed by atoms with Gasteiger partial charge >= 0.3 is 0 Å². The first-order chi connectivity index (χ1) is 9.79. The summed E-state index contributed by atoms with van der Waals surface area (Å²) in [5.74, 6) is 0. The number of aromatic nitrogens is 1. The fourth-order valence-corrected chi connectivity index (χ4v) is 4.62. The standard InChI is InChI=1S/C16H21N3S/c1-11-18-15-5-2-12(8-16(15)20-11)10-19-13-3-4-14(19)9-17-7-6-13/h2,5,8,13-14,17H,3-4,6-7,9-10H2,1H3. The van der Waals surface area contributed by atoms with Crippen molar-refractivity contribution in [2.75, 3.05) is 13.1 Å². The van der Waals surface area contributed by atoms with Crippen LogP contribution < -0.4 is 5.32 Å². The number of thiazole rings is 1. The first kappa shape index (κ1) is 12.7. The summed E-state index contributed by atoms with van der Waals surface area (Å²) in [4.78, 5) is 7.28. The number of fused-ring (bicyclic) bond motifs is 3. The normalized spacial score (nSPS) is 27.1. The molecule has 0 spiro atoms. The summed E-state index contributed by atoms with van der Waals surface area (Å²) in [5.41, 5.74) is 2.59. The summed E-state index contributed by atoms with van der Waals surface area (Å²) < 4.78 is 1.33. The molecule has 0 amide bonds. The van der Waals surface area contributed by atoms with Crippen molar-refractivity contribution in [1.29, 1.82) is 0 Å². The molecule has 1 aromatic carbocycles. The molecular formula is C16H21N3S. The minimum Gasteiger partial charge on any atom is -0.315 e. The maximum atomic E-state index is 4.55. The molecule has 3 heterocycles.